The first kappa shape index (κ1) is 27.3. The summed E-state index contributed by atoms with van der Waals surface area (Å²) in [5.41, 5.74) is 3.75. The summed E-state index contributed by atoms with van der Waals surface area (Å²) in [4.78, 5) is 12.5. The average molecular weight is 531 g/mol. The third-order valence-electron chi connectivity index (χ3n) is 7.60. The second kappa shape index (κ2) is 13.2. The lowest BCUT2D eigenvalue weighted by molar-refractivity contribution is -0.281. The summed E-state index contributed by atoms with van der Waals surface area (Å²) in [6, 6.07) is 23.3. The number of rotatable bonds is 10. The van der Waals surface area contributed by atoms with E-state index in [9.17, 15) is 9.90 Å². The molecule has 0 radical (unpaired) electrons. The molecule has 3 N–H and O–H groups in total. The first-order chi connectivity index (χ1) is 19.1. The Kier molecular flexibility index (Phi) is 9.27. The number of amides is 1. The molecule has 7 heteroatoms. The quantitative estimate of drug-likeness (QED) is 0.309. The van der Waals surface area contributed by atoms with Crippen molar-refractivity contribution in [2.75, 3.05) is 26.3 Å². The molecule has 3 aromatic carbocycles. The molecule has 39 heavy (non-hydrogen) atoms. The molecule has 7 nitrogen and oxygen atoms in total. The van der Waals surface area contributed by atoms with Gasteiger partial charge in [0, 0.05) is 43.6 Å². The molecular formula is C32H38N2O5. The molecule has 0 bridgehead atoms. The summed E-state index contributed by atoms with van der Waals surface area (Å²) in [5.74, 6) is 1.14. The van der Waals surface area contributed by atoms with Gasteiger partial charge >= 0.3 is 0 Å². The summed E-state index contributed by atoms with van der Waals surface area (Å²) < 4.78 is 18.0. The van der Waals surface area contributed by atoms with E-state index in [0.717, 1.165) is 57.4 Å². The molecule has 0 unspecified atom stereocenters. The maximum atomic E-state index is 12.5. The van der Waals surface area contributed by atoms with Crippen LogP contribution in [0.25, 0.3) is 0 Å². The van der Waals surface area contributed by atoms with E-state index >= 15 is 0 Å². The Balaban J connectivity index is 1.10. The third kappa shape index (κ3) is 7.25. The van der Waals surface area contributed by atoms with E-state index < -0.39 is 0 Å². The fourth-order valence-electron chi connectivity index (χ4n) is 5.37. The molecule has 1 spiro atoms. The Morgan fingerprint density at radius 2 is 1.69 bits per heavy atom. The molecule has 1 heterocycles. The van der Waals surface area contributed by atoms with Gasteiger partial charge in [-0.05, 0) is 72.7 Å². The summed E-state index contributed by atoms with van der Waals surface area (Å²) in [6.07, 6.45) is 4.76. The van der Waals surface area contributed by atoms with Crippen LogP contribution in [-0.4, -0.2) is 43.1 Å². The smallest absolute Gasteiger partial charge is 0.251 e. The molecule has 3 aromatic rings. The molecular weight excluding hydrogens is 492 g/mol. The second-order valence-electron chi connectivity index (χ2n) is 10.3. The standard InChI is InChI=1S/C32H38N2O5/c35-23-28-21-27(25-13-15-32(16-14-25)37-19-4-20-38-32)9-12-30(28)39-29-10-7-26(8-11-29)31(36)34-18-17-33-22-24-5-2-1-3-6-24/h1-3,5-12,21,25,33,35H,4,13-20,22-23H2,(H,34,36). The molecule has 206 valence electrons. The van der Waals surface area contributed by atoms with E-state index in [-0.39, 0.29) is 18.3 Å². The Morgan fingerprint density at radius 1 is 0.949 bits per heavy atom. The van der Waals surface area contributed by atoms with Crippen LogP contribution >= 0.6 is 0 Å². The van der Waals surface area contributed by atoms with Crippen LogP contribution in [0.1, 0.15) is 65.1 Å². The number of carbonyl (C=O) groups excluding carboxylic acids is 1. The zero-order valence-electron chi connectivity index (χ0n) is 22.4. The van der Waals surface area contributed by atoms with Crippen LogP contribution in [0, 0.1) is 0 Å². The van der Waals surface area contributed by atoms with Gasteiger partial charge in [-0.2, -0.15) is 0 Å². The number of ether oxygens (including phenoxy) is 3. The van der Waals surface area contributed by atoms with Crippen LogP contribution in [0.15, 0.2) is 72.8 Å². The summed E-state index contributed by atoms with van der Waals surface area (Å²) in [5, 5.41) is 16.3. The first-order valence-electron chi connectivity index (χ1n) is 14.0. The van der Waals surface area contributed by atoms with Crippen LogP contribution in [-0.2, 0) is 22.6 Å². The maximum Gasteiger partial charge on any atom is 0.251 e. The average Bonchev–Trinajstić information content (AvgIpc) is 2.99. The van der Waals surface area contributed by atoms with Crippen molar-refractivity contribution in [3.63, 3.8) is 0 Å². The monoisotopic (exact) mass is 530 g/mol. The van der Waals surface area contributed by atoms with Crippen molar-refractivity contribution in [2.45, 2.75) is 57.0 Å². The van der Waals surface area contributed by atoms with Crippen molar-refractivity contribution in [1.82, 2.24) is 10.6 Å². The fourth-order valence-corrected chi connectivity index (χ4v) is 5.37. The number of carbonyl (C=O) groups is 1. The summed E-state index contributed by atoms with van der Waals surface area (Å²) in [6.45, 7) is 3.45. The summed E-state index contributed by atoms with van der Waals surface area (Å²) >= 11 is 0. The zero-order valence-corrected chi connectivity index (χ0v) is 22.4. The van der Waals surface area contributed by atoms with Crippen molar-refractivity contribution in [1.29, 1.82) is 0 Å². The highest BCUT2D eigenvalue weighted by molar-refractivity contribution is 5.94. The minimum atomic E-state index is -0.389. The Labute approximate surface area is 230 Å². The molecule has 0 atom stereocenters. The van der Waals surface area contributed by atoms with Crippen molar-refractivity contribution in [3.8, 4) is 11.5 Å². The largest absolute Gasteiger partial charge is 0.457 e. The van der Waals surface area contributed by atoms with Gasteiger partial charge in [0.25, 0.3) is 5.91 Å². The zero-order chi connectivity index (χ0) is 26.9. The number of nitrogens with one attached hydrogen (secondary N) is 2. The van der Waals surface area contributed by atoms with Crippen LogP contribution in [0.3, 0.4) is 0 Å². The second-order valence-corrected chi connectivity index (χ2v) is 10.3. The van der Waals surface area contributed by atoms with E-state index in [2.05, 4.69) is 28.8 Å². The van der Waals surface area contributed by atoms with Gasteiger partial charge in [-0.1, -0.05) is 36.4 Å². The highest BCUT2D eigenvalue weighted by Gasteiger charge is 2.39. The minimum absolute atomic E-state index is 0.106. The predicted octanol–water partition coefficient (Wildman–Crippen LogP) is 5.28. The lowest BCUT2D eigenvalue weighted by atomic mass is 9.80. The van der Waals surface area contributed by atoms with Gasteiger partial charge < -0.3 is 30.0 Å². The van der Waals surface area contributed by atoms with Gasteiger partial charge in [0.1, 0.15) is 11.5 Å². The molecule has 2 fully saturated rings. The number of hydrogen-bond donors (Lipinski definition) is 3. The molecule has 0 aromatic heterocycles. The maximum absolute atomic E-state index is 12.5. The minimum Gasteiger partial charge on any atom is -0.457 e. The molecule has 1 aliphatic heterocycles. The van der Waals surface area contributed by atoms with Gasteiger partial charge in [0.05, 0.1) is 19.8 Å². The molecule has 1 saturated heterocycles. The fraction of sp³-hybridized carbons (Fsp3) is 0.406. The van der Waals surface area contributed by atoms with Gasteiger partial charge in [-0.25, -0.2) is 0 Å². The first-order valence-corrected chi connectivity index (χ1v) is 14.0. The molecule has 1 aliphatic carbocycles. The highest BCUT2D eigenvalue weighted by Crippen LogP contribution is 2.42. The number of aliphatic hydroxyl groups excluding tert-OH is 1. The Morgan fingerprint density at radius 3 is 2.41 bits per heavy atom. The van der Waals surface area contributed by atoms with E-state index in [0.29, 0.717) is 36.1 Å². The van der Waals surface area contributed by atoms with E-state index in [1.807, 2.05) is 30.3 Å². The van der Waals surface area contributed by atoms with Crippen LogP contribution in [0.2, 0.25) is 0 Å². The number of aliphatic hydroxyl groups is 1. The van der Waals surface area contributed by atoms with Crippen LogP contribution < -0.4 is 15.4 Å². The lowest BCUT2D eigenvalue weighted by Gasteiger charge is -2.42. The van der Waals surface area contributed by atoms with Crippen molar-refractivity contribution >= 4 is 5.91 Å². The lowest BCUT2D eigenvalue weighted by Crippen LogP contribution is -2.43. The molecule has 1 saturated carbocycles. The third-order valence-corrected chi connectivity index (χ3v) is 7.60. The molecule has 2 aliphatic rings. The van der Waals surface area contributed by atoms with Gasteiger partial charge in [-0.3, -0.25) is 4.79 Å². The van der Waals surface area contributed by atoms with E-state index in [1.165, 1.54) is 11.1 Å². The highest BCUT2D eigenvalue weighted by atomic mass is 16.7. The van der Waals surface area contributed by atoms with Crippen molar-refractivity contribution in [3.05, 3.63) is 95.1 Å². The van der Waals surface area contributed by atoms with Crippen molar-refractivity contribution < 1.29 is 24.1 Å². The van der Waals surface area contributed by atoms with Gasteiger partial charge in [0.15, 0.2) is 5.79 Å². The SMILES string of the molecule is O=C(NCCNCc1ccccc1)c1ccc(Oc2ccc(C3CCC4(CC3)OCCCO4)cc2CO)cc1. The molecule has 1 amide bonds. The molecule has 5 rings (SSSR count). The Bertz CT molecular complexity index is 1200. The topological polar surface area (TPSA) is 89.1 Å². The van der Waals surface area contributed by atoms with Gasteiger partial charge in [0.2, 0.25) is 0 Å². The van der Waals surface area contributed by atoms with Crippen LogP contribution in [0.4, 0.5) is 0 Å². The van der Waals surface area contributed by atoms with Gasteiger partial charge in [-0.15, -0.1) is 0 Å². The normalized spacial score (nSPS) is 17.2. The number of benzene rings is 3. The van der Waals surface area contributed by atoms with Crippen molar-refractivity contribution in [2.24, 2.45) is 0 Å². The van der Waals surface area contributed by atoms with E-state index in [4.69, 9.17) is 14.2 Å². The van der Waals surface area contributed by atoms with E-state index in [1.54, 1.807) is 24.3 Å². The van der Waals surface area contributed by atoms with Crippen LogP contribution in [0.5, 0.6) is 11.5 Å². The number of hydrogen-bond acceptors (Lipinski definition) is 6. The summed E-state index contributed by atoms with van der Waals surface area (Å²) in [7, 11) is 0. The Hall–Kier alpha value is -3.23. The predicted molar refractivity (Wildman–Crippen MR) is 150 cm³/mol.